The average molecular weight is 328 g/mol. The van der Waals surface area contributed by atoms with Gasteiger partial charge in [-0.1, -0.05) is 38.8 Å². The second-order valence-corrected chi connectivity index (χ2v) is 6.54. The highest BCUT2D eigenvalue weighted by Crippen LogP contribution is 2.31. The highest BCUT2D eigenvalue weighted by molar-refractivity contribution is 5.75. The fraction of sp³-hybridized carbons (Fsp3) is 0.455. The van der Waals surface area contributed by atoms with E-state index in [9.17, 15) is 10.2 Å². The third-order valence-electron chi connectivity index (χ3n) is 4.62. The summed E-state index contributed by atoms with van der Waals surface area (Å²) in [5.74, 6) is 1.20. The van der Waals surface area contributed by atoms with Gasteiger partial charge in [-0.3, -0.25) is 0 Å². The summed E-state index contributed by atoms with van der Waals surface area (Å²) in [5, 5.41) is 19.7. The lowest BCUT2D eigenvalue weighted by atomic mass is 9.84. The second kappa shape index (κ2) is 9.36. The number of hydrogen-bond donors (Lipinski definition) is 2. The van der Waals surface area contributed by atoms with Gasteiger partial charge in [-0.15, -0.1) is 0 Å². The van der Waals surface area contributed by atoms with E-state index in [1.807, 2.05) is 26.0 Å². The maximum Gasteiger partial charge on any atom is 0.111 e. The fourth-order valence-corrected chi connectivity index (χ4v) is 3.15. The molecule has 0 fully saturated rings. The number of hydrogen-bond acceptors (Lipinski definition) is 2. The van der Waals surface area contributed by atoms with Crippen LogP contribution in [0.2, 0.25) is 0 Å². The quantitative estimate of drug-likeness (QED) is 0.429. The van der Waals surface area contributed by atoms with Crippen LogP contribution in [0, 0.1) is 12.8 Å². The first-order chi connectivity index (χ1) is 11.3. The summed E-state index contributed by atoms with van der Waals surface area (Å²) in [4.78, 5) is 0. The Kier molecular flexibility index (Phi) is 7.84. The minimum Gasteiger partial charge on any atom is -0.513 e. The number of aryl methyl sites for hydroxylation is 1. The molecular weight excluding hydrogens is 296 g/mol. The summed E-state index contributed by atoms with van der Waals surface area (Å²) >= 11 is 0. The van der Waals surface area contributed by atoms with Crippen LogP contribution in [0.5, 0.6) is 0 Å². The molecule has 1 aromatic carbocycles. The van der Waals surface area contributed by atoms with Gasteiger partial charge in [-0.05, 0) is 86.1 Å². The molecule has 0 atom stereocenters. The van der Waals surface area contributed by atoms with E-state index in [2.05, 4.69) is 32.9 Å². The summed E-state index contributed by atoms with van der Waals surface area (Å²) in [6.45, 7) is 12.1. The molecule has 0 saturated heterocycles. The van der Waals surface area contributed by atoms with Crippen molar-refractivity contribution in [1.82, 2.24) is 0 Å². The molecule has 2 N–H and O–H groups in total. The fourth-order valence-electron chi connectivity index (χ4n) is 3.15. The van der Waals surface area contributed by atoms with Gasteiger partial charge < -0.3 is 10.2 Å². The Balaban J connectivity index is 3.60. The van der Waals surface area contributed by atoms with Crippen LogP contribution in [0.4, 0.5) is 0 Å². The van der Waals surface area contributed by atoms with Crippen LogP contribution in [-0.4, -0.2) is 10.2 Å². The normalized spacial score (nSPS) is 13.7. The van der Waals surface area contributed by atoms with E-state index in [0.717, 1.165) is 30.4 Å². The van der Waals surface area contributed by atoms with Gasteiger partial charge >= 0.3 is 0 Å². The first-order valence-corrected chi connectivity index (χ1v) is 8.87. The first-order valence-electron chi connectivity index (χ1n) is 8.87. The predicted octanol–water partition coefficient (Wildman–Crippen LogP) is 6.76. The van der Waals surface area contributed by atoms with Crippen molar-refractivity contribution in [3.05, 3.63) is 58.1 Å². The minimum atomic E-state index is 0.277. The molecule has 0 unspecified atom stereocenters. The molecule has 0 aliphatic rings. The van der Waals surface area contributed by atoms with E-state index >= 15 is 0 Å². The van der Waals surface area contributed by atoms with Crippen LogP contribution in [0.25, 0.3) is 11.6 Å². The Morgan fingerprint density at radius 1 is 1.12 bits per heavy atom. The van der Waals surface area contributed by atoms with Gasteiger partial charge in [0.25, 0.3) is 0 Å². The number of aliphatic hydroxyl groups is 2. The molecule has 0 bridgehead atoms. The molecule has 1 aromatic rings. The number of rotatable bonds is 7. The van der Waals surface area contributed by atoms with Gasteiger partial charge in [0.2, 0.25) is 0 Å². The summed E-state index contributed by atoms with van der Waals surface area (Å²) in [6.07, 6.45) is 8.59. The van der Waals surface area contributed by atoms with Crippen molar-refractivity contribution in [2.75, 3.05) is 0 Å². The molecule has 0 aliphatic heterocycles. The minimum absolute atomic E-state index is 0.277. The summed E-state index contributed by atoms with van der Waals surface area (Å²) in [5.41, 5.74) is 5.76. The van der Waals surface area contributed by atoms with Crippen molar-refractivity contribution in [1.29, 1.82) is 0 Å². The Bertz CT molecular complexity index is 640. The lowest BCUT2D eigenvalue weighted by molar-refractivity contribution is 0.419. The Morgan fingerprint density at radius 3 is 2.25 bits per heavy atom. The molecule has 132 valence electrons. The molecule has 24 heavy (non-hydrogen) atoms. The second-order valence-electron chi connectivity index (χ2n) is 6.54. The number of aliphatic hydroxyl groups excluding tert-OH is 2. The van der Waals surface area contributed by atoms with Gasteiger partial charge in [-0.25, -0.2) is 0 Å². The van der Waals surface area contributed by atoms with Crippen molar-refractivity contribution in [2.45, 2.75) is 60.8 Å². The average Bonchev–Trinajstić information content (AvgIpc) is 2.53. The largest absolute Gasteiger partial charge is 0.513 e. The van der Waals surface area contributed by atoms with Crippen molar-refractivity contribution in [3.8, 4) is 0 Å². The van der Waals surface area contributed by atoms with Crippen LogP contribution in [0.3, 0.4) is 0 Å². The standard InChI is InChI=1S/C22H32O2/c1-7-18(8-2)14-21-19(13-17(6)23)11-10-15(4)22(21)16(5)12-20(24)9-3/h9-13,18,23-24H,7-8,14H2,1-6H3/b16-12+,17-13+,20-9+. The third-order valence-corrected chi connectivity index (χ3v) is 4.62. The molecule has 0 heterocycles. The van der Waals surface area contributed by atoms with Gasteiger partial charge in [0.05, 0.1) is 5.76 Å². The van der Waals surface area contributed by atoms with Gasteiger partial charge in [0.1, 0.15) is 5.76 Å². The van der Waals surface area contributed by atoms with E-state index < -0.39 is 0 Å². The molecule has 1 rings (SSSR count). The summed E-state index contributed by atoms with van der Waals surface area (Å²) in [6, 6.07) is 4.17. The van der Waals surface area contributed by atoms with Crippen molar-refractivity contribution < 1.29 is 10.2 Å². The molecule has 0 radical (unpaired) electrons. The SMILES string of the molecule is C/C=C(O)\C=C(/C)c1c(C)ccc(/C=C(\C)O)c1CC(CC)CC. The summed E-state index contributed by atoms with van der Waals surface area (Å²) in [7, 11) is 0. The molecule has 0 aliphatic carbocycles. The molecule has 0 spiro atoms. The number of allylic oxidation sites excluding steroid dienone is 4. The van der Waals surface area contributed by atoms with E-state index in [0.29, 0.717) is 11.7 Å². The molecular formula is C22H32O2. The predicted molar refractivity (Wildman–Crippen MR) is 105 cm³/mol. The van der Waals surface area contributed by atoms with E-state index in [1.165, 1.54) is 16.7 Å². The van der Waals surface area contributed by atoms with E-state index in [-0.39, 0.29) is 5.76 Å². The summed E-state index contributed by atoms with van der Waals surface area (Å²) < 4.78 is 0. The monoisotopic (exact) mass is 328 g/mol. The van der Waals surface area contributed by atoms with Crippen LogP contribution in [0.15, 0.2) is 35.8 Å². The zero-order valence-electron chi connectivity index (χ0n) is 16.0. The van der Waals surface area contributed by atoms with E-state index in [4.69, 9.17) is 0 Å². The van der Waals surface area contributed by atoms with Crippen LogP contribution in [0.1, 0.15) is 69.7 Å². The van der Waals surface area contributed by atoms with Gasteiger partial charge in [-0.2, -0.15) is 0 Å². The highest BCUT2D eigenvalue weighted by atomic mass is 16.3. The topological polar surface area (TPSA) is 40.5 Å². The Morgan fingerprint density at radius 2 is 1.75 bits per heavy atom. The zero-order valence-corrected chi connectivity index (χ0v) is 16.0. The van der Waals surface area contributed by atoms with Crippen molar-refractivity contribution >= 4 is 11.6 Å². The lowest BCUT2D eigenvalue weighted by Crippen LogP contribution is -2.07. The lowest BCUT2D eigenvalue weighted by Gasteiger charge is -2.21. The van der Waals surface area contributed by atoms with Gasteiger partial charge in [0, 0.05) is 0 Å². The smallest absolute Gasteiger partial charge is 0.111 e. The van der Waals surface area contributed by atoms with Crippen molar-refractivity contribution in [2.24, 2.45) is 5.92 Å². The zero-order chi connectivity index (χ0) is 18.3. The third kappa shape index (κ3) is 5.30. The van der Waals surface area contributed by atoms with Crippen LogP contribution < -0.4 is 0 Å². The Hall–Kier alpha value is -1.96. The van der Waals surface area contributed by atoms with Gasteiger partial charge in [0.15, 0.2) is 0 Å². The molecule has 0 aromatic heterocycles. The molecule has 2 heteroatoms. The van der Waals surface area contributed by atoms with Crippen molar-refractivity contribution in [3.63, 3.8) is 0 Å². The number of benzene rings is 1. The molecule has 2 nitrogen and oxygen atoms in total. The van der Waals surface area contributed by atoms with Crippen LogP contribution >= 0.6 is 0 Å². The molecule has 0 saturated carbocycles. The maximum absolute atomic E-state index is 9.89. The van der Waals surface area contributed by atoms with Crippen LogP contribution in [-0.2, 0) is 6.42 Å². The molecule has 0 amide bonds. The first kappa shape index (κ1) is 20.1. The highest BCUT2D eigenvalue weighted by Gasteiger charge is 2.16. The Labute approximate surface area is 147 Å². The maximum atomic E-state index is 9.89. The van der Waals surface area contributed by atoms with E-state index in [1.54, 1.807) is 13.0 Å².